The normalized spacial score (nSPS) is 18.2. The molecule has 1 aliphatic heterocycles. The standard InChI is InChI=1S/C12H14N2O5/c13-10-4-3-8(6-11(10)14(16)17)12(15)19-7-9-2-1-5-18-9/h3-4,6,9H,1-2,5,7,13H2/t9-/m0/s1. The minimum atomic E-state index is -0.633. The Kier molecular flexibility index (Phi) is 3.96. The van der Waals surface area contributed by atoms with E-state index in [9.17, 15) is 14.9 Å². The van der Waals surface area contributed by atoms with Crippen LogP contribution in [0, 0.1) is 10.1 Å². The lowest BCUT2D eigenvalue weighted by Gasteiger charge is -2.10. The van der Waals surface area contributed by atoms with Crippen molar-refractivity contribution in [2.24, 2.45) is 0 Å². The summed E-state index contributed by atoms with van der Waals surface area (Å²) in [4.78, 5) is 21.8. The fraction of sp³-hybridized carbons (Fsp3) is 0.417. The third kappa shape index (κ3) is 3.19. The van der Waals surface area contributed by atoms with Crippen LogP contribution in [-0.4, -0.2) is 30.2 Å². The Hall–Kier alpha value is -2.15. The van der Waals surface area contributed by atoms with Crippen LogP contribution in [0.1, 0.15) is 23.2 Å². The summed E-state index contributed by atoms with van der Waals surface area (Å²) in [6.07, 6.45) is 1.73. The van der Waals surface area contributed by atoms with E-state index >= 15 is 0 Å². The molecule has 0 amide bonds. The number of ether oxygens (including phenoxy) is 2. The maximum absolute atomic E-state index is 11.7. The van der Waals surface area contributed by atoms with E-state index in [0.29, 0.717) is 6.61 Å². The second kappa shape index (κ2) is 5.66. The summed E-state index contributed by atoms with van der Waals surface area (Å²) in [5.41, 5.74) is 5.28. The smallest absolute Gasteiger partial charge is 0.338 e. The summed E-state index contributed by atoms with van der Waals surface area (Å²) in [5, 5.41) is 10.7. The van der Waals surface area contributed by atoms with E-state index in [2.05, 4.69) is 0 Å². The lowest BCUT2D eigenvalue weighted by molar-refractivity contribution is -0.383. The summed E-state index contributed by atoms with van der Waals surface area (Å²) < 4.78 is 10.4. The maximum Gasteiger partial charge on any atom is 0.338 e. The van der Waals surface area contributed by atoms with Gasteiger partial charge in [-0.25, -0.2) is 4.79 Å². The van der Waals surface area contributed by atoms with Crippen LogP contribution in [0.5, 0.6) is 0 Å². The number of nitro benzene ring substituents is 1. The highest BCUT2D eigenvalue weighted by molar-refractivity contribution is 5.91. The highest BCUT2D eigenvalue weighted by atomic mass is 16.6. The van der Waals surface area contributed by atoms with E-state index in [1.807, 2.05) is 0 Å². The van der Waals surface area contributed by atoms with Crippen LogP contribution in [-0.2, 0) is 9.47 Å². The van der Waals surface area contributed by atoms with Crippen molar-refractivity contribution in [1.82, 2.24) is 0 Å². The number of esters is 1. The van der Waals surface area contributed by atoms with Crippen LogP contribution < -0.4 is 5.73 Å². The second-order valence-electron chi connectivity index (χ2n) is 4.26. The van der Waals surface area contributed by atoms with Gasteiger partial charge in [-0.2, -0.15) is 0 Å². The molecule has 1 heterocycles. The molecule has 2 rings (SSSR count). The number of carbonyl (C=O) groups excluding carboxylic acids is 1. The molecule has 0 aliphatic carbocycles. The van der Waals surface area contributed by atoms with Crippen molar-refractivity contribution in [1.29, 1.82) is 0 Å². The highest BCUT2D eigenvalue weighted by Crippen LogP contribution is 2.23. The number of nitrogen functional groups attached to an aromatic ring is 1. The van der Waals surface area contributed by atoms with Crippen molar-refractivity contribution in [3.8, 4) is 0 Å². The predicted molar refractivity (Wildman–Crippen MR) is 66.8 cm³/mol. The maximum atomic E-state index is 11.7. The molecule has 1 saturated heterocycles. The van der Waals surface area contributed by atoms with Gasteiger partial charge < -0.3 is 15.2 Å². The Morgan fingerprint density at radius 2 is 2.37 bits per heavy atom. The molecular weight excluding hydrogens is 252 g/mol. The van der Waals surface area contributed by atoms with Gasteiger partial charge in [0.25, 0.3) is 5.69 Å². The molecule has 1 aliphatic rings. The van der Waals surface area contributed by atoms with Crippen molar-refractivity contribution in [3.63, 3.8) is 0 Å². The summed E-state index contributed by atoms with van der Waals surface area (Å²) in [7, 11) is 0. The first kappa shape index (κ1) is 13.3. The lowest BCUT2D eigenvalue weighted by atomic mass is 10.2. The number of nitrogens with two attached hydrogens (primary N) is 1. The van der Waals surface area contributed by atoms with Gasteiger partial charge in [-0.05, 0) is 25.0 Å². The third-order valence-electron chi connectivity index (χ3n) is 2.89. The number of hydrogen-bond donors (Lipinski definition) is 1. The fourth-order valence-corrected chi connectivity index (χ4v) is 1.86. The highest BCUT2D eigenvalue weighted by Gasteiger charge is 2.20. The number of hydrogen-bond acceptors (Lipinski definition) is 6. The van der Waals surface area contributed by atoms with E-state index in [-0.39, 0.29) is 29.6 Å². The van der Waals surface area contributed by atoms with Crippen molar-refractivity contribution >= 4 is 17.3 Å². The molecule has 1 fully saturated rings. The number of rotatable bonds is 4. The molecule has 1 aromatic rings. The van der Waals surface area contributed by atoms with E-state index in [4.69, 9.17) is 15.2 Å². The van der Waals surface area contributed by atoms with Gasteiger partial charge in [0.05, 0.1) is 16.6 Å². The van der Waals surface area contributed by atoms with Gasteiger partial charge in [-0.15, -0.1) is 0 Å². The summed E-state index contributed by atoms with van der Waals surface area (Å²) >= 11 is 0. The monoisotopic (exact) mass is 266 g/mol. The van der Waals surface area contributed by atoms with Gasteiger partial charge in [0.2, 0.25) is 0 Å². The minimum Gasteiger partial charge on any atom is -0.459 e. The average Bonchev–Trinajstić information content (AvgIpc) is 2.89. The van der Waals surface area contributed by atoms with Gasteiger partial charge in [0.15, 0.2) is 0 Å². The number of nitrogens with zero attached hydrogens (tertiary/aromatic N) is 1. The molecule has 0 radical (unpaired) electrons. The van der Waals surface area contributed by atoms with E-state index < -0.39 is 10.9 Å². The molecule has 2 N–H and O–H groups in total. The topological polar surface area (TPSA) is 105 Å². The molecule has 0 unspecified atom stereocenters. The second-order valence-corrected chi connectivity index (χ2v) is 4.26. The Labute approximate surface area is 109 Å². The first-order chi connectivity index (χ1) is 9.08. The summed E-state index contributed by atoms with van der Waals surface area (Å²) in [5.74, 6) is -0.612. The SMILES string of the molecule is Nc1ccc(C(=O)OC[C@@H]2CCCO2)cc1[N+](=O)[O-]. The first-order valence-corrected chi connectivity index (χ1v) is 5.90. The largest absolute Gasteiger partial charge is 0.459 e. The zero-order chi connectivity index (χ0) is 13.8. The molecule has 1 aromatic carbocycles. The van der Waals surface area contributed by atoms with Crippen LogP contribution in [0.2, 0.25) is 0 Å². The van der Waals surface area contributed by atoms with Crippen LogP contribution in [0.4, 0.5) is 11.4 Å². The van der Waals surface area contributed by atoms with E-state index in [0.717, 1.165) is 18.9 Å². The molecule has 102 valence electrons. The zero-order valence-electron chi connectivity index (χ0n) is 10.2. The van der Waals surface area contributed by atoms with Crippen molar-refractivity contribution in [3.05, 3.63) is 33.9 Å². The molecule has 1 atom stereocenters. The van der Waals surface area contributed by atoms with Crippen LogP contribution >= 0.6 is 0 Å². The Morgan fingerprint density at radius 1 is 1.58 bits per heavy atom. The van der Waals surface area contributed by atoms with Crippen molar-refractivity contribution < 1.29 is 19.2 Å². The molecule has 7 heteroatoms. The quantitative estimate of drug-likeness (QED) is 0.383. The molecule has 7 nitrogen and oxygen atoms in total. The van der Waals surface area contributed by atoms with Crippen LogP contribution in [0.3, 0.4) is 0 Å². The van der Waals surface area contributed by atoms with Crippen molar-refractivity contribution in [2.45, 2.75) is 18.9 Å². The Bertz CT molecular complexity index is 497. The number of benzene rings is 1. The minimum absolute atomic E-state index is 0.0145. The number of nitro groups is 1. The molecule has 0 bridgehead atoms. The average molecular weight is 266 g/mol. The molecule has 0 saturated carbocycles. The summed E-state index contributed by atoms with van der Waals surface area (Å²) in [6, 6.07) is 3.84. The van der Waals surface area contributed by atoms with Gasteiger partial charge in [0.1, 0.15) is 12.3 Å². The van der Waals surface area contributed by atoms with E-state index in [1.54, 1.807) is 0 Å². The fourth-order valence-electron chi connectivity index (χ4n) is 1.86. The molecule has 19 heavy (non-hydrogen) atoms. The van der Waals surface area contributed by atoms with Gasteiger partial charge in [0, 0.05) is 12.7 Å². The predicted octanol–water partition coefficient (Wildman–Crippen LogP) is 1.51. The third-order valence-corrected chi connectivity index (χ3v) is 2.89. The molecule has 0 spiro atoms. The van der Waals surface area contributed by atoms with Gasteiger partial charge in [-0.3, -0.25) is 10.1 Å². The first-order valence-electron chi connectivity index (χ1n) is 5.90. The Morgan fingerprint density at radius 3 is 3.00 bits per heavy atom. The molecule has 0 aromatic heterocycles. The van der Waals surface area contributed by atoms with Crippen LogP contribution in [0.25, 0.3) is 0 Å². The molecular formula is C12H14N2O5. The Balaban J connectivity index is 2.02. The summed E-state index contributed by atoms with van der Waals surface area (Å²) in [6.45, 7) is 0.840. The van der Waals surface area contributed by atoms with Gasteiger partial charge in [-0.1, -0.05) is 0 Å². The number of carbonyl (C=O) groups is 1. The lowest BCUT2D eigenvalue weighted by Crippen LogP contribution is -2.18. The number of anilines is 1. The van der Waals surface area contributed by atoms with Gasteiger partial charge >= 0.3 is 5.97 Å². The van der Waals surface area contributed by atoms with Crippen molar-refractivity contribution in [2.75, 3.05) is 18.9 Å². The zero-order valence-corrected chi connectivity index (χ0v) is 10.2. The van der Waals surface area contributed by atoms with Crippen LogP contribution in [0.15, 0.2) is 18.2 Å². The van der Waals surface area contributed by atoms with E-state index in [1.165, 1.54) is 12.1 Å².